The van der Waals surface area contributed by atoms with Crippen molar-refractivity contribution in [2.75, 3.05) is 7.05 Å². The first-order valence-electron chi connectivity index (χ1n) is 6.97. The van der Waals surface area contributed by atoms with Crippen molar-refractivity contribution in [1.82, 2.24) is 4.90 Å². The lowest BCUT2D eigenvalue weighted by Crippen LogP contribution is -2.60. The molecule has 0 atom stereocenters. The quantitative estimate of drug-likeness (QED) is 0.796. The molecule has 1 aromatic rings. The topological polar surface area (TPSA) is 12.5 Å². The van der Waals surface area contributed by atoms with E-state index in [4.69, 9.17) is 16.3 Å². The SMILES string of the molecule is CN1C(C)(C)CC(Oc2ccc(F)c(Cl)c2)CC1(C)C. The zero-order valence-corrected chi connectivity index (χ0v) is 13.6. The van der Waals surface area contributed by atoms with Crippen molar-refractivity contribution in [3.63, 3.8) is 0 Å². The molecule has 0 aliphatic carbocycles. The zero-order chi connectivity index (χ0) is 15.1. The van der Waals surface area contributed by atoms with Crippen molar-refractivity contribution in [3.8, 4) is 5.75 Å². The second-order valence-corrected chi connectivity index (χ2v) is 7.32. The maximum Gasteiger partial charge on any atom is 0.142 e. The highest BCUT2D eigenvalue weighted by molar-refractivity contribution is 6.30. The Labute approximate surface area is 125 Å². The summed E-state index contributed by atoms with van der Waals surface area (Å²) >= 11 is 5.80. The lowest BCUT2D eigenvalue weighted by molar-refractivity contribution is -0.0556. The molecule has 1 aliphatic heterocycles. The molecule has 112 valence electrons. The number of piperidine rings is 1. The summed E-state index contributed by atoms with van der Waals surface area (Å²) in [4.78, 5) is 2.40. The van der Waals surface area contributed by atoms with Crippen LogP contribution in [-0.4, -0.2) is 29.1 Å². The van der Waals surface area contributed by atoms with E-state index in [-0.39, 0.29) is 22.2 Å². The highest BCUT2D eigenvalue weighted by Crippen LogP contribution is 2.38. The summed E-state index contributed by atoms with van der Waals surface area (Å²) in [6, 6.07) is 4.54. The molecule has 0 unspecified atom stereocenters. The molecule has 4 heteroatoms. The predicted octanol–water partition coefficient (Wildman–Crippen LogP) is 4.51. The van der Waals surface area contributed by atoms with Gasteiger partial charge in [0, 0.05) is 30.0 Å². The smallest absolute Gasteiger partial charge is 0.142 e. The summed E-state index contributed by atoms with van der Waals surface area (Å²) < 4.78 is 19.2. The molecule has 0 radical (unpaired) electrons. The van der Waals surface area contributed by atoms with Gasteiger partial charge in [0.2, 0.25) is 0 Å². The van der Waals surface area contributed by atoms with E-state index in [0.717, 1.165) is 12.8 Å². The van der Waals surface area contributed by atoms with Crippen LogP contribution in [0.5, 0.6) is 5.75 Å². The molecule has 2 rings (SSSR count). The van der Waals surface area contributed by atoms with Crippen LogP contribution in [-0.2, 0) is 0 Å². The fraction of sp³-hybridized carbons (Fsp3) is 0.625. The minimum Gasteiger partial charge on any atom is -0.490 e. The summed E-state index contributed by atoms with van der Waals surface area (Å²) in [5, 5.41) is 0.106. The molecule has 1 fully saturated rings. The van der Waals surface area contributed by atoms with Crippen LogP contribution in [0.2, 0.25) is 5.02 Å². The van der Waals surface area contributed by atoms with Crippen molar-refractivity contribution >= 4 is 11.6 Å². The molecule has 0 aromatic heterocycles. The van der Waals surface area contributed by atoms with Gasteiger partial charge < -0.3 is 4.74 Å². The number of rotatable bonds is 2. The van der Waals surface area contributed by atoms with E-state index >= 15 is 0 Å². The first-order valence-corrected chi connectivity index (χ1v) is 7.35. The minimum absolute atomic E-state index is 0.0657. The molecule has 0 N–H and O–H groups in total. The number of nitrogens with zero attached hydrogens (tertiary/aromatic N) is 1. The molecule has 1 aromatic carbocycles. The molecule has 20 heavy (non-hydrogen) atoms. The number of ether oxygens (including phenoxy) is 1. The Morgan fingerprint density at radius 2 is 1.75 bits per heavy atom. The Balaban J connectivity index is 2.15. The van der Waals surface area contributed by atoms with Crippen molar-refractivity contribution < 1.29 is 9.13 Å². The summed E-state index contributed by atoms with van der Waals surface area (Å²) in [5.74, 6) is 0.223. The van der Waals surface area contributed by atoms with Crippen LogP contribution in [0.25, 0.3) is 0 Å². The maximum absolute atomic E-state index is 13.2. The third-order valence-electron chi connectivity index (χ3n) is 4.46. The Morgan fingerprint density at radius 3 is 2.25 bits per heavy atom. The van der Waals surface area contributed by atoms with E-state index < -0.39 is 5.82 Å². The van der Waals surface area contributed by atoms with Crippen LogP contribution in [0, 0.1) is 5.82 Å². The number of hydrogen-bond acceptors (Lipinski definition) is 2. The van der Waals surface area contributed by atoms with Gasteiger partial charge >= 0.3 is 0 Å². The summed E-state index contributed by atoms with van der Waals surface area (Å²) in [7, 11) is 2.16. The lowest BCUT2D eigenvalue weighted by Gasteiger charge is -2.53. The van der Waals surface area contributed by atoms with Crippen molar-refractivity contribution in [1.29, 1.82) is 0 Å². The van der Waals surface area contributed by atoms with Gasteiger partial charge in [-0.15, -0.1) is 0 Å². The van der Waals surface area contributed by atoms with Crippen LogP contribution in [0.15, 0.2) is 18.2 Å². The van der Waals surface area contributed by atoms with Gasteiger partial charge in [-0.3, -0.25) is 4.90 Å². The largest absolute Gasteiger partial charge is 0.490 e. The van der Waals surface area contributed by atoms with Gasteiger partial charge in [0.1, 0.15) is 17.7 Å². The molecule has 1 heterocycles. The number of hydrogen-bond donors (Lipinski definition) is 0. The fourth-order valence-electron chi connectivity index (χ4n) is 3.11. The number of benzene rings is 1. The first-order chi connectivity index (χ1) is 9.12. The number of likely N-dealkylation sites (tertiary alicyclic amines) is 1. The average Bonchev–Trinajstić information content (AvgIpc) is 2.30. The molecular formula is C16H23ClFNO. The van der Waals surface area contributed by atoms with Gasteiger partial charge in [-0.2, -0.15) is 0 Å². The van der Waals surface area contributed by atoms with Gasteiger partial charge in [0.25, 0.3) is 0 Å². The van der Waals surface area contributed by atoms with E-state index in [1.807, 2.05) is 0 Å². The Kier molecular flexibility index (Phi) is 4.05. The molecule has 2 nitrogen and oxygen atoms in total. The van der Waals surface area contributed by atoms with Crippen LogP contribution in [0.3, 0.4) is 0 Å². The van der Waals surface area contributed by atoms with Crippen molar-refractivity contribution in [2.24, 2.45) is 0 Å². The molecule has 0 bridgehead atoms. The third-order valence-corrected chi connectivity index (χ3v) is 4.75. The van der Waals surface area contributed by atoms with Crippen LogP contribution in [0.4, 0.5) is 4.39 Å². The molecule has 0 spiro atoms. The average molecular weight is 300 g/mol. The highest BCUT2D eigenvalue weighted by Gasteiger charge is 2.43. The zero-order valence-electron chi connectivity index (χ0n) is 12.8. The summed E-state index contributed by atoms with van der Waals surface area (Å²) in [5.41, 5.74) is 0.131. The lowest BCUT2D eigenvalue weighted by atomic mass is 9.79. The van der Waals surface area contributed by atoms with Gasteiger partial charge in [0.15, 0.2) is 0 Å². The Hall–Kier alpha value is -0.800. The van der Waals surface area contributed by atoms with Gasteiger partial charge in [-0.1, -0.05) is 11.6 Å². The summed E-state index contributed by atoms with van der Waals surface area (Å²) in [6.45, 7) is 8.90. The fourth-order valence-corrected chi connectivity index (χ4v) is 3.28. The second kappa shape index (κ2) is 5.19. The highest BCUT2D eigenvalue weighted by atomic mass is 35.5. The molecular weight excluding hydrogens is 277 g/mol. The van der Waals surface area contributed by atoms with E-state index in [0.29, 0.717) is 5.75 Å². The molecule has 1 aliphatic rings. The van der Waals surface area contributed by atoms with E-state index in [1.165, 1.54) is 6.07 Å². The van der Waals surface area contributed by atoms with E-state index in [2.05, 4.69) is 39.6 Å². The Bertz CT molecular complexity index is 483. The third kappa shape index (κ3) is 3.09. The van der Waals surface area contributed by atoms with Crippen molar-refractivity contribution in [2.45, 2.75) is 57.7 Å². The first kappa shape index (κ1) is 15.6. The standard InChI is InChI=1S/C16H23ClFNO/c1-15(2)9-12(10-16(3,4)19(15)5)20-11-6-7-14(18)13(17)8-11/h6-8,12H,9-10H2,1-5H3. The van der Waals surface area contributed by atoms with Gasteiger partial charge in [-0.25, -0.2) is 4.39 Å². The van der Waals surface area contributed by atoms with E-state index in [9.17, 15) is 4.39 Å². The molecule has 0 saturated carbocycles. The van der Waals surface area contributed by atoms with Gasteiger partial charge in [0.05, 0.1) is 5.02 Å². The number of halogens is 2. The monoisotopic (exact) mass is 299 g/mol. The normalized spacial score (nSPS) is 22.8. The summed E-state index contributed by atoms with van der Waals surface area (Å²) in [6.07, 6.45) is 1.97. The Morgan fingerprint density at radius 1 is 1.20 bits per heavy atom. The maximum atomic E-state index is 13.2. The van der Waals surface area contributed by atoms with Crippen molar-refractivity contribution in [3.05, 3.63) is 29.0 Å². The molecule has 1 saturated heterocycles. The minimum atomic E-state index is -0.414. The van der Waals surface area contributed by atoms with Crippen LogP contribution < -0.4 is 4.74 Å². The van der Waals surface area contributed by atoms with Crippen LogP contribution in [0.1, 0.15) is 40.5 Å². The van der Waals surface area contributed by atoms with Gasteiger partial charge in [-0.05, 0) is 46.9 Å². The van der Waals surface area contributed by atoms with Crippen LogP contribution >= 0.6 is 11.6 Å². The second-order valence-electron chi connectivity index (χ2n) is 6.91. The van der Waals surface area contributed by atoms with E-state index in [1.54, 1.807) is 12.1 Å². The predicted molar refractivity (Wildman–Crippen MR) is 81.0 cm³/mol. The molecule has 0 amide bonds.